The van der Waals surface area contributed by atoms with Crippen LogP contribution in [-0.4, -0.2) is 21.1 Å². The summed E-state index contributed by atoms with van der Waals surface area (Å²) in [6.07, 6.45) is 2.32. The molecule has 68 valence electrons. The zero-order chi connectivity index (χ0) is 9.26. The predicted octanol–water partition coefficient (Wildman–Crippen LogP) is 1.01. The number of aromatic nitrogens is 2. The highest BCUT2D eigenvalue weighted by atomic mass is 32.1. The summed E-state index contributed by atoms with van der Waals surface area (Å²) in [7, 11) is 0. The van der Waals surface area contributed by atoms with Gasteiger partial charge < -0.3 is 5.11 Å². The third kappa shape index (κ3) is 1.69. The first-order valence-corrected chi connectivity index (χ1v) is 4.96. The van der Waals surface area contributed by atoms with Crippen LogP contribution < -0.4 is 0 Å². The van der Waals surface area contributed by atoms with E-state index in [1.807, 2.05) is 6.07 Å². The number of nitrogens with zero attached hydrogens (tertiary/aromatic N) is 3. The lowest BCUT2D eigenvalue weighted by atomic mass is 10.2. The average Bonchev–Trinajstić information content (AvgIpc) is 2.89. The minimum atomic E-state index is -0.495. The Hall–Kier alpha value is -0.990. The molecular formula is C8H9N3OS. The highest BCUT2D eigenvalue weighted by Gasteiger charge is 2.28. The van der Waals surface area contributed by atoms with Gasteiger partial charge in [0.25, 0.3) is 0 Å². The Morgan fingerprint density at radius 2 is 2.46 bits per heavy atom. The maximum atomic E-state index is 8.86. The average molecular weight is 195 g/mol. The Morgan fingerprint density at radius 3 is 3.00 bits per heavy atom. The van der Waals surface area contributed by atoms with Gasteiger partial charge in [0.2, 0.25) is 0 Å². The van der Waals surface area contributed by atoms with Crippen LogP contribution in [0.15, 0.2) is 0 Å². The van der Waals surface area contributed by atoms with Crippen molar-refractivity contribution < 1.29 is 5.11 Å². The molecule has 1 N–H and O–H groups in total. The fourth-order valence-corrected chi connectivity index (χ4v) is 1.84. The third-order valence-electron chi connectivity index (χ3n) is 2.04. The van der Waals surface area contributed by atoms with Gasteiger partial charge in [-0.3, -0.25) is 0 Å². The van der Waals surface area contributed by atoms with Crippen molar-refractivity contribution in [1.29, 1.82) is 5.26 Å². The molecule has 1 atom stereocenters. The lowest BCUT2D eigenvalue weighted by Crippen LogP contribution is -2.00. The fraction of sp³-hybridized carbons (Fsp3) is 0.625. The molecule has 1 saturated carbocycles. The van der Waals surface area contributed by atoms with E-state index in [0.29, 0.717) is 10.9 Å². The molecule has 0 aliphatic heterocycles. The standard InChI is InChI=1S/C8H9N3OS/c9-3-6(4-12)8-10-7(11-13-8)5-1-2-5/h5-6,12H,1-2,4H2. The van der Waals surface area contributed by atoms with Gasteiger partial charge in [-0.2, -0.15) is 9.64 Å². The molecule has 0 saturated heterocycles. The molecule has 5 heteroatoms. The summed E-state index contributed by atoms with van der Waals surface area (Å²) >= 11 is 1.23. The maximum Gasteiger partial charge on any atom is 0.145 e. The summed E-state index contributed by atoms with van der Waals surface area (Å²) in [6, 6.07) is 2.00. The zero-order valence-electron chi connectivity index (χ0n) is 6.97. The molecule has 0 radical (unpaired) electrons. The van der Waals surface area contributed by atoms with E-state index in [4.69, 9.17) is 10.4 Å². The maximum absolute atomic E-state index is 8.86. The summed E-state index contributed by atoms with van der Waals surface area (Å²) in [5.41, 5.74) is 0. The Kier molecular flexibility index (Phi) is 2.25. The summed E-state index contributed by atoms with van der Waals surface area (Å²) in [6.45, 7) is -0.171. The Morgan fingerprint density at radius 1 is 1.69 bits per heavy atom. The molecule has 1 aliphatic rings. The number of rotatable bonds is 3. The quantitative estimate of drug-likeness (QED) is 0.781. The number of hydrogen-bond acceptors (Lipinski definition) is 5. The molecule has 0 aromatic carbocycles. The van der Waals surface area contributed by atoms with Crippen molar-refractivity contribution in [2.75, 3.05) is 6.61 Å². The minimum Gasteiger partial charge on any atom is -0.395 e. The Balaban J connectivity index is 2.16. The van der Waals surface area contributed by atoms with Crippen LogP contribution in [0.5, 0.6) is 0 Å². The van der Waals surface area contributed by atoms with E-state index in [-0.39, 0.29) is 6.61 Å². The molecule has 4 nitrogen and oxygen atoms in total. The van der Waals surface area contributed by atoms with Crippen LogP contribution in [0.25, 0.3) is 0 Å². The van der Waals surface area contributed by atoms with Crippen molar-refractivity contribution in [1.82, 2.24) is 9.36 Å². The monoisotopic (exact) mass is 195 g/mol. The lowest BCUT2D eigenvalue weighted by Gasteiger charge is -1.96. The topological polar surface area (TPSA) is 69.8 Å². The molecule has 1 heterocycles. The molecule has 13 heavy (non-hydrogen) atoms. The van der Waals surface area contributed by atoms with E-state index >= 15 is 0 Å². The van der Waals surface area contributed by atoms with E-state index < -0.39 is 5.92 Å². The summed E-state index contributed by atoms with van der Waals surface area (Å²) in [5.74, 6) is 0.877. The van der Waals surface area contributed by atoms with Gasteiger partial charge in [-0.05, 0) is 24.4 Å². The first-order valence-electron chi connectivity index (χ1n) is 4.19. The van der Waals surface area contributed by atoms with E-state index in [1.54, 1.807) is 0 Å². The van der Waals surface area contributed by atoms with E-state index in [9.17, 15) is 0 Å². The number of aliphatic hydroxyl groups excluding tert-OH is 1. The van der Waals surface area contributed by atoms with Crippen LogP contribution >= 0.6 is 11.5 Å². The molecule has 1 unspecified atom stereocenters. The fourth-order valence-electron chi connectivity index (χ4n) is 1.07. The van der Waals surface area contributed by atoms with Crippen LogP contribution in [-0.2, 0) is 0 Å². The van der Waals surface area contributed by atoms with Crippen molar-refractivity contribution in [2.24, 2.45) is 0 Å². The summed E-state index contributed by atoms with van der Waals surface area (Å²) in [4.78, 5) is 4.24. The SMILES string of the molecule is N#CC(CO)c1nc(C2CC2)ns1. The zero-order valence-corrected chi connectivity index (χ0v) is 7.79. The molecule has 1 fully saturated rings. The van der Waals surface area contributed by atoms with E-state index in [2.05, 4.69) is 9.36 Å². The van der Waals surface area contributed by atoms with Crippen molar-refractivity contribution >= 4 is 11.5 Å². The van der Waals surface area contributed by atoms with Gasteiger partial charge in [0.1, 0.15) is 16.7 Å². The molecule has 1 aliphatic carbocycles. The van der Waals surface area contributed by atoms with Crippen LogP contribution in [0.1, 0.15) is 35.5 Å². The molecular weight excluding hydrogens is 186 g/mol. The second-order valence-corrected chi connectivity index (χ2v) is 3.91. The predicted molar refractivity (Wildman–Crippen MR) is 47.3 cm³/mol. The van der Waals surface area contributed by atoms with Crippen molar-refractivity contribution in [3.8, 4) is 6.07 Å². The van der Waals surface area contributed by atoms with Gasteiger partial charge in [-0.1, -0.05) is 0 Å². The first kappa shape index (κ1) is 8.60. The molecule has 2 rings (SSSR count). The van der Waals surface area contributed by atoms with E-state index in [1.165, 1.54) is 11.5 Å². The number of nitriles is 1. The number of hydrogen-bond donors (Lipinski definition) is 1. The summed E-state index contributed by atoms with van der Waals surface area (Å²) < 4.78 is 4.16. The van der Waals surface area contributed by atoms with Crippen LogP contribution in [0, 0.1) is 11.3 Å². The van der Waals surface area contributed by atoms with Crippen molar-refractivity contribution in [2.45, 2.75) is 24.7 Å². The van der Waals surface area contributed by atoms with Gasteiger partial charge in [0.05, 0.1) is 12.7 Å². The molecule has 1 aromatic rings. The summed E-state index contributed by atoms with van der Waals surface area (Å²) in [5, 5.41) is 18.2. The molecule has 0 spiro atoms. The van der Waals surface area contributed by atoms with Crippen molar-refractivity contribution in [3.05, 3.63) is 10.8 Å². The van der Waals surface area contributed by atoms with Gasteiger partial charge in [0, 0.05) is 5.92 Å². The van der Waals surface area contributed by atoms with Crippen LogP contribution in [0.4, 0.5) is 0 Å². The smallest absolute Gasteiger partial charge is 0.145 e. The van der Waals surface area contributed by atoms with Crippen LogP contribution in [0.2, 0.25) is 0 Å². The third-order valence-corrected chi connectivity index (χ3v) is 2.88. The van der Waals surface area contributed by atoms with Crippen LogP contribution in [0.3, 0.4) is 0 Å². The first-order chi connectivity index (χ1) is 6.35. The Bertz CT molecular complexity index is 339. The van der Waals surface area contributed by atoms with E-state index in [0.717, 1.165) is 18.7 Å². The van der Waals surface area contributed by atoms with Gasteiger partial charge >= 0.3 is 0 Å². The molecule has 0 amide bonds. The largest absolute Gasteiger partial charge is 0.395 e. The molecule has 0 bridgehead atoms. The lowest BCUT2D eigenvalue weighted by molar-refractivity contribution is 0.285. The highest BCUT2D eigenvalue weighted by molar-refractivity contribution is 7.05. The number of aliphatic hydroxyl groups is 1. The highest BCUT2D eigenvalue weighted by Crippen LogP contribution is 2.39. The second-order valence-electron chi connectivity index (χ2n) is 3.13. The van der Waals surface area contributed by atoms with Gasteiger partial charge in [0.15, 0.2) is 0 Å². The van der Waals surface area contributed by atoms with Gasteiger partial charge in [-0.25, -0.2) is 4.98 Å². The van der Waals surface area contributed by atoms with Crippen molar-refractivity contribution in [3.63, 3.8) is 0 Å². The minimum absolute atomic E-state index is 0.171. The normalized spacial score (nSPS) is 18.2. The second kappa shape index (κ2) is 3.40. The Labute approximate surface area is 80.0 Å². The van der Waals surface area contributed by atoms with Gasteiger partial charge in [-0.15, -0.1) is 0 Å². The molecule has 1 aromatic heterocycles.